The number of alkyl halides is 3. The van der Waals surface area contributed by atoms with Crippen LogP contribution in [0.1, 0.15) is 11.1 Å². The summed E-state index contributed by atoms with van der Waals surface area (Å²) in [6, 6.07) is 8.90. The van der Waals surface area contributed by atoms with E-state index in [0.717, 1.165) is 11.8 Å². The van der Waals surface area contributed by atoms with Crippen LogP contribution in [-0.4, -0.2) is 27.5 Å². The molecule has 7 nitrogen and oxygen atoms in total. The van der Waals surface area contributed by atoms with Crippen LogP contribution in [0.15, 0.2) is 55.1 Å². The minimum Gasteiger partial charge on any atom is -0.406 e. The molecule has 3 rings (SSSR count). The number of pyridine rings is 1. The topological polar surface area (TPSA) is 95.8 Å². The van der Waals surface area contributed by atoms with Crippen LogP contribution in [0.5, 0.6) is 5.75 Å². The molecule has 0 unspecified atom stereocenters. The fraction of sp³-hybridized carbons (Fsp3) is 0.111. The van der Waals surface area contributed by atoms with Crippen molar-refractivity contribution >= 4 is 23.5 Å². The number of hydrogen-bond donors (Lipinski definition) is 3. The highest BCUT2D eigenvalue weighted by Crippen LogP contribution is 2.26. The lowest BCUT2D eigenvalue weighted by Crippen LogP contribution is -2.17. The van der Waals surface area contributed by atoms with Crippen LogP contribution >= 0.6 is 0 Å². The van der Waals surface area contributed by atoms with Crippen LogP contribution in [0.3, 0.4) is 0 Å². The van der Waals surface area contributed by atoms with Crippen molar-refractivity contribution in [3.05, 3.63) is 66.2 Å². The Morgan fingerprint density at radius 1 is 1.00 bits per heavy atom. The van der Waals surface area contributed by atoms with Crippen molar-refractivity contribution in [3.63, 3.8) is 0 Å². The van der Waals surface area contributed by atoms with Crippen LogP contribution < -0.4 is 15.4 Å². The van der Waals surface area contributed by atoms with Crippen LogP contribution in [0.4, 0.5) is 30.5 Å². The molecule has 0 spiro atoms. The van der Waals surface area contributed by atoms with Crippen molar-refractivity contribution in [3.8, 4) is 5.75 Å². The molecule has 0 bridgehead atoms. The number of aromatic nitrogens is 3. The van der Waals surface area contributed by atoms with E-state index in [2.05, 4.69) is 30.3 Å². The van der Waals surface area contributed by atoms with Gasteiger partial charge in [-0.2, -0.15) is 0 Å². The third-order valence-electron chi connectivity index (χ3n) is 3.59. The number of ether oxygens (including phenoxy) is 1. The van der Waals surface area contributed by atoms with Crippen LogP contribution in [0, 0.1) is 5.41 Å². The average molecular weight is 388 g/mol. The predicted molar refractivity (Wildman–Crippen MR) is 97.9 cm³/mol. The normalized spacial score (nSPS) is 11.0. The van der Waals surface area contributed by atoms with Crippen molar-refractivity contribution < 1.29 is 17.9 Å². The molecule has 0 saturated carbocycles. The van der Waals surface area contributed by atoms with E-state index in [0.29, 0.717) is 29.4 Å². The van der Waals surface area contributed by atoms with E-state index in [9.17, 15) is 13.2 Å². The first kappa shape index (κ1) is 19.1. The minimum atomic E-state index is -4.75. The van der Waals surface area contributed by atoms with Gasteiger partial charge in [0.05, 0.1) is 5.56 Å². The zero-order valence-electron chi connectivity index (χ0n) is 14.4. The van der Waals surface area contributed by atoms with E-state index in [1.54, 1.807) is 12.4 Å². The van der Waals surface area contributed by atoms with Gasteiger partial charge >= 0.3 is 6.36 Å². The Bertz CT molecular complexity index is 932. The van der Waals surface area contributed by atoms with Gasteiger partial charge in [-0.05, 0) is 42.0 Å². The molecule has 0 aliphatic heterocycles. The third kappa shape index (κ3) is 5.16. The molecular weight excluding hydrogens is 373 g/mol. The first-order chi connectivity index (χ1) is 13.4. The summed E-state index contributed by atoms with van der Waals surface area (Å²) in [5.74, 6) is 0.459. The van der Waals surface area contributed by atoms with Gasteiger partial charge in [-0.1, -0.05) is 0 Å². The number of benzene rings is 1. The maximum Gasteiger partial charge on any atom is 0.573 e. The van der Waals surface area contributed by atoms with Gasteiger partial charge in [-0.3, -0.25) is 4.98 Å². The van der Waals surface area contributed by atoms with E-state index in [1.165, 1.54) is 30.6 Å². The Balaban J connectivity index is 1.74. The molecule has 0 aliphatic carbocycles. The second-order valence-electron chi connectivity index (χ2n) is 5.54. The maximum atomic E-state index is 12.2. The molecule has 2 heterocycles. The molecule has 10 heteroatoms. The quantitative estimate of drug-likeness (QED) is 0.527. The van der Waals surface area contributed by atoms with Gasteiger partial charge in [0.15, 0.2) is 0 Å². The van der Waals surface area contributed by atoms with Crippen molar-refractivity contribution in [2.75, 3.05) is 10.6 Å². The van der Waals surface area contributed by atoms with Crippen LogP contribution in [-0.2, 0) is 6.54 Å². The van der Waals surface area contributed by atoms with Crippen LogP contribution in [0.2, 0.25) is 0 Å². The summed E-state index contributed by atoms with van der Waals surface area (Å²) in [7, 11) is 0. The summed E-state index contributed by atoms with van der Waals surface area (Å²) in [6.45, 7) is 0.475. The van der Waals surface area contributed by atoms with E-state index in [-0.39, 0.29) is 5.75 Å². The summed E-state index contributed by atoms with van der Waals surface area (Å²) >= 11 is 0. The number of nitrogens with one attached hydrogen (secondary N) is 3. The highest BCUT2D eigenvalue weighted by molar-refractivity contribution is 5.91. The number of halogens is 3. The predicted octanol–water partition coefficient (Wildman–Crippen LogP) is 4.12. The van der Waals surface area contributed by atoms with Gasteiger partial charge in [0.25, 0.3) is 0 Å². The van der Waals surface area contributed by atoms with Gasteiger partial charge < -0.3 is 20.8 Å². The Kier molecular flexibility index (Phi) is 5.68. The lowest BCUT2D eigenvalue weighted by atomic mass is 10.2. The van der Waals surface area contributed by atoms with E-state index in [4.69, 9.17) is 5.41 Å². The van der Waals surface area contributed by atoms with Crippen molar-refractivity contribution in [2.45, 2.75) is 12.9 Å². The molecule has 2 aromatic heterocycles. The molecule has 28 heavy (non-hydrogen) atoms. The molecule has 0 fully saturated rings. The zero-order chi connectivity index (χ0) is 20.0. The molecular formula is C18H15F3N6O. The Labute approximate surface area is 158 Å². The fourth-order valence-electron chi connectivity index (χ4n) is 2.34. The highest BCUT2D eigenvalue weighted by Gasteiger charge is 2.30. The van der Waals surface area contributed by atoms with Gasteiger partial charge in [-0.15, -0.1) is 13.2 Å². The molecule has 3 aromatic rings. The monoisotopic (exact) mass is 388 g/mol. The number of anilines is 3. The van der Waals surface area contributed by atoms with Gasteiger partial charge in [0.2, 0.25) is 0 Å². The Morgan fingerprint density at radius 3 is 2.32 bits per heavy atom. The molecule has 0 radical (unpaired) electrons. The van der Waals surface area contributed by atoms with E-state index in [1.807, 2.05) is 12.1 Å². The van der Waals surface area contributed by atoms with Gasteiger partial charge in [0.1, 0.15) is 23.7 Å². The lowest BCUT2D eigenvalue weighted by Gasteiger charge is -2.13. The summed E-state index contributed by atoms with van der Waals surface area (Å²) in [6.07, 6.45) is 1.02. The average Bonchev–Trinajstić information content (AvgIpc) is 2.67. The second kappa shape index (κ2) is 8.33. The summed E-state index contributed by atoms with van der Waals surface area (Å²) < 4.78 is 40.6. The number of hydrogen-bond acceptors (Lipinski definition) is 7. The van der Waals surface area contributed by atoms with Crippen molar-refractivity contribution in [1.29, 1.82) is 5.41 Å². The SMILES string of the molecule is N=Cc1c(NCc2ccncc2)ncnc1Nc1ccc(OC(F)(F)F)cc1. The fourth-order valence-corrected chi connectivity index (χ4v) is 2.34. The van der Waals surface area contributed by atoms with Gasteiger partial charge in [0, 0.05) is 30.8 Å². The minimum absolute atomic E-state index is 0.326. The summed E-state index contributed by atoms with van der Waals surface area (Å²) in [4.78, 5) is 12.2. The Hall–Kier alpha value is -3.69. The molecule has 144 valence electrons. The Morgan fingerprint density at radius 2 is 1.68 bits per heavy atom. The standard InChI is InChI=1S/C18H15F3N6O/c19-18(20,21)28-14-3-1-13(2-4-14)27-17-15(9-22)16(25-11-26-17)24-10-12-5-7-23-8-6-12/h1-9,11,22H,10H2,(H2,24,25,26,27). The highest BCUT2D eigenvalue weighted by atomic mass is 19.4. The maximum absolute atomic E-state index is 12.2. The third-order valence-corrected chi connectivity index (χ3v) is 3.59. The number of rotatable bonds is 7. The van der Waals surface area contributed by atoms with Crippen LogP contribution in [0.25, 0.3) is 0 Å². The molecule has 0 aliphatic rings. The smallest absolute Gasteiger partial charge is 0.406 e. The van der Waals surface area contributed by atoms with E-state index < -0.39 is 6.36 Å². The largest absolute Gasteiger partial charge is 0.573 e. The number of nitrogens with zero attached hydrogens (tertiary/aromatic N) is 3. The summed E-state index contributed by atoms with van der Waals surface area (Å²) in [5.41, 5.74) is 1.88. The molecule has 3 N–H and O–H groups in total. The lowest BCUT2D eigenvalue weighted by molar-refractivity contribution is -0.274. The zero-order valence-corrected chi connectivity index (χ0v) is 14.4. The molecule has 0 amide bonds. The summed E-state index contributed by atoms with van der Waals surface area (Å²) in [5, 5.41) is 13.8. The van der Waals surface area contributed by atoms with Crippen molar-refractivity contribution in [2.24, 2.45) is 0 Å². The van der Waals surface area contributed by atoms with Gasteiger partial charge in [-0.25, -0.2) is 9.97 Å². The first-order valence-corrected chi connectivity index (χ1v) is 8.06. The second-order valence-corrected chi connectivity index (χ2v) is 5.54. The molecule has 1 aromatic carbocycles. The molecule has 0 saturated heterocycles. The molecule has 0 atom stereocenters. The van der Waals surface area contributed by atoms with Crippen molar-refractivity contribution in [1.82, 2.24) is 15.0 Å². The first-order valence-electron chi connectivity index (χ1n) is 8.06. The van der Waals surface area contributed by atoms with E-state index >= 15 is 0 Å².